The molecular formula is C19H20ClN3O. The van der Waals surface area contributed by atoms with Crippen molar-refractivity contribution in [2.24, 2.45) is 0 Å². The maximum Gasteiger partial charge on any atom is 0.0983 e. The number of para-hydroxylation sites is 1. The number of rotatable bonds is 3. The molecule has 1 atom stereocenters. The fourth-order valence-corrected chi connectivity index (χ4v) is 3.92. The minimum atomic E-state index is -0.602. The number of hydrogen-bond donors (Lipinski definition) is 1. The molecule has 2 aromatic heterocycles. The van der Waals surface area contributed by atoms with Gasteiger partial charge in [0.25, 0.3) is 0 Å². The first kappa shape index (κ1) is 15.6. The third-order valence-corrected chi connectivity index (χ3v) is 5.14. The number of aliphatic hydroxyl groups is 1. The van der Waals surface area contributed by atoms with Crippen molar-refractivity contribution < 1.29 is 5.11 Å². The number of aromatic nitrogens is 2. The first-order chi connectivity index (χ1) is 11.6. The van der Waals surface area contributed by atoms with Crippen molar-refractivity contribution in [1.82, 2.24) is 14.5 Å². The van der Waals surface area contributed by atoms with Crippen LogP contribution in [0.15, 0.2) is 42.7 Å². The molecule has 4 rings (SSSR count). The van der Waals surface area contributed by atoms with Crippen molar-refractivity contribution in [3.63, 3.8) is 0 Å². The molecule has 0 radical (unpaired) electrons. The van der Waals surface area contributed by atoms with Crippen LogP contribution in [-0.4, -0.2) is 33.1 Å². The Morgan fingerprint density at radius 3 is 2.96 bits per heavy atom. The molecule has 0 fully saturated rings. The van der Waals surface area contributed by atoms with Crippen molar-refractivity contribution in [1.29, 1.82) is 0 Å². The van der Waals surface area contributed by atoms with Crippen LogP contribution in [0.3, 0.4) is 0 Å². The van der Waals surface area contributed by atoms with Crippen LogP contribution in [0.5, 0.6) is 0 Å². The zero-order valence-corrected chi connectivity index (χ0v) is 14.4. The van der Waals surface area contributed by atoms with Crippen LogP contribution < -0.4 is 0 Å². The molecule has 1 aromatic carbocycles. The van der Waals surface area contributed by atoms with E-state index in [2.05, 4.69) is 27.6 Å². The Hall–Kier alpha value is -1.88. The van der Waals surface area contributed by atoms with Gasteiger partial charge in [-0.2, -0.15) is 0 Å². The lowest BCUT2D eigenvalue weighted by atomic mass is 10.1. The highest BCUT2D eigenvalue weighted by Gasteiger charge is 2.24. The molecule has 3 aromatic rings. The molecule has 0 saturated heterocycles. The molecule has 1 aliphatic heterocycles. The maximum atomic E-state index is 10.7. The van der Waals surface area contributed by atoms with Gasteiger partial charge in [0.05, 0.1) is 23.2 Å². The number of aliphatic hydroxyl groups excluding tert-OH is 1. The van der Waals surface area contributed by atoms with E-state index < -0.39 is 6.10 Å². The molecule has 124 valence electrons. The zero-order valence-electron chi connectivity index (χ0n) is 13.6. The Kier molecular flexibility index (Phi) is 4.04. The largest absolute Gasteiger partial charge is 0.386 e. The Morgan fingerprint density at radius 1 is 1.29 bits per heavy atom. The van der Waals surface area contributed by atoms with Crippen LogP contribution in [0.4, 0.5) is 0 Å². The SMILES string of the molecule is CN1CCc2c(c3cccc(Cl)c3n2CC(O)c2cccnc2)C1. The molecule has 0 spiro atoms. The molecule has 0 aliphatic carbocycles. The summed E-state index contributed by atoms with van der Waals surface area (Å²) >= 11 is 6.52. The number of hydrogen-bond acceptors (Lipinski definition) is 3. The molecule has 1 N–H and O–H groups in total. The van der Waals surface area contributed by atoms with Gasteiger partial charge in [-0.15, -0.1) is 0 Å². The number of benzene rings is 1. The first-order valence-electron chi connectivity index (χ1n) is 8.20. The minimum absolute atomic E-state index is 0.491. The van der Waals surface area contributed by atoms with Crippen molar-refractivity contribution in [2.45, 2.75) is 25.6 Å². The van der Waals surface area contributed by atoms with Gasteiger partial charge in [-0.25, -0.2) is 0 Å². The second-order valence-corrected chi connectivity index (χ2v) is 6.87. The van der Waals surface area contributed by atoms with E-state index in [1.807, 2.05) is 24.3 Å². The van der Waals surface area contributed by atoms with E-state index in [4.69, 9.17) is 11.6 Å². The summed E-state index contributed by atoms with van der Waals surface area (Å²) in [5.41, 5.74) is 4.48. The Labute approximate surface area is 146 Å². The second-order valence-electron chi connectivity index (χ2n) is 6.46. The number of pyridine rings is 1. The van der Waals surface area contributed by atoms with E-state index in [1.165, 1.54) is 16.6 Å². The molecule has 24 heavy (non-hydrogen) atoms. The minimum Gasteiger partial charge on any atom is -0.386 e. The first-order valence-corrected chi connectivity index (χ1v) is 8.58. The smallest absolute Gasteiger partial charge is 0.0983 e. The van der Waals surface area contributed by atoms with Crippen LogP contribution in [0.25, 0.3) is 10.9 Å². The molecule has 0 amide bonds. The number of likely N-dealkylation sites (N-methyl/N-ethyl adjacent to an activating group) is 1. The van der Waals surface area contributed by atoms with E-state index in [-0.39, 0.29) is 0 Å². The van der Waals surface area contributed by atoms with Gasteiger partial charge >= 0.3 is 0 Å². The van der Waals surface area contributed by atoms with Gasteiger partial charge in [0.2, 0.25) is 0 Å². The van der Waals surface area contributed by atoms with Crippen molar-refractivity contribution >= 4 is 22.5 Å². The van der Waals surface area contributed by atoms with E-state index in [1.54, 1.807) is 12.4 Å². The summed E-state index contributed by atoms with van der Waals surface area (Å²) in [6.07, 6.45) is 3.80. The molecule has 1 aliphatic rings. The lowest BCUT2D eigenvalue weighted by Gasteiger charge is -2.25. The van der Waals surface area contributed by atoms with Crippen LogP contribution in [0, 0.1) is 0 Å². The van der Waals surface area contributed by atoms with Gasteiger partial charge in [0.1, 0.15) is 0 Å². The van der Waals surface area contributed by atoms with Gasteiger partial charge < -0.3 is 14.6 Å². The predicted octanol–water partition coefficient (Wildman–Crippen LogP) is 3.41. The maximum absolute atomic E-state index is 10.7. The summed E-state index contributed by atoms with van der Waals surface area (Å²) in [4.78, 5) is 6.43. The molecule has 5 heteroatoms. The summed E-state index contributed by atoms with van der Waals surface area (Å²) in [5.74, 6) is 0. The van der Waals surface area contributed by atoms with Crippen LogP contribution in [-0.2, 0) is 19.5 Å². The highest BCUT2D eigenvalue weighted by Crippen LogP contribution is 2.35. The van der Waals surface area contributed by atoms with Gasteiger partial charge in [0.15, 0.2) is 0 Å². The van der Waals surface area contributed by atoms with E-state index in [0.717, 1.165) is 35.6 Å². The van der Waals surface area contributed by atoms with Gasteiger partial charge in [-0.3, -0.25) is 4.98 Å². The standard InChI is InChI=1S/C19H20ClN3O/c1-22-9-7-17-15(11-22)14-5-2-6-16(20)19(14)23(17)12-18(24)13-4-3-8-21-10-13/h2-6,8,10,18,24H,7,9,11-12H2,1H3. The average Bonchev–Trinajstić information content (AvgIpc) is 2.90. The van der Waals surface area contributed by atoms with E-state index in [0.29, 0.717) is 6.54 Å². The quantitative estimate of drug-likeness (QED) is 0.793. The number of nitrogens with zero attached hydrogens (tertiary/aromatic N) is 3. The molecule has 0 bridgehead atoms. The fourth-order valence-electron chi connectivity index (χ4n) is 3.65. The fraction of sp³-hybridized carbons (Fsp3) is 0.316. The van der Waals surface area contributed by atoms with Crippen molar-refractivity contribution in [2.75, 3.05) is 13.6 Å². The van der Waals surface area contributed by atoms with Crippen molar-refractivity contribution in [3.8, 4) is 0 Å². The number of halogens is 1. The van der Waals surface area contributed by atoms with Crippen LogP contribution in [0.1, 0.15) is 22.9 Å². The lowest BCUT2D eigenvalue weighted by Crippen LogP contribution is -2.27. The highest BCUT2D eigenvalue weighted by atomic mass is 35.5. The summed E-state index contributed by atoms with van der Waals surface area (Å²) in [6, 6.07) is 9.81. The van der Waals surface area contributed by atoms with E-state index in [9.17, 15) is 5.11 Å². The van der Waals surface area contributed by atoms with Gasteiger partial charge in [-0.05, 0) is 24.7 Å². The molecule has 3 heterocycles. The topological polar surface area (TPSA) is 41.3 Å². The Morgan fingerprint density at radius 2 is 2.17 bits per heavy atom. The third kappa shape index (κ3) is 2.61. The summed E-state index contributed by atoms with van der Waals surface area (Å²) in [7, 11) is 2.14. The second kappa shape index (κ2) is 6.20. The van der Waals surface area contributed by atoms with Crippen molar-refractivity contribution in [3.05, 3.63) is 64.6 Å². The summed E-state index contributed by atoms with van der Waals surface area (Å²) in [6.45, 7) is 2.43. The Bertz CT molecular complexity index is 875. The zero-order chi connectivity index (χ0) is 16.7. The predicted molar refractivity (Wildman–Crippen MR) is 96.2 cm³/mol. The Balaban J connectivity index is 1.83. The monoisotopic (exact) mass is 341 g/mol. The average molecular weight is 342 g/mol. The van der Waals surface area contributed by atoms with E-state index >= 15 is 0 Å². The molecule has 1 unspecified atom stereocenters. The summed E-state index contributed by atoms with van der Waals surface area (Å²) in [5, 5.41) is 12.6. The molecule has 0 saturated carbocycles. The highest BCUT2D eigenvalue weighted by molar-refractivity contribution is 6.35. The lowest BCUT2D eigenvalue weighted by molar-refractivity contribution is 0.156. The molecule has 4 nitrogen and oxygen atoms in total. The van der Waals surface area contributed by atoms with Gasteiger partial charge in [-0.1, -0.05) is 29.8 Å². The number of fused-ring (bicyclic) bond motifs is 3. The van der Waals surface area contributed by atoms with Gasteiger partial charge in [0, 0.05) is 48.5 Å². The molecular weight excluding hydrogens is 322 g/mol. The third-order valence-electron chi connectivity index (χ3n) is 4.84. The van der Waals surface area contributed by atoms with Crippen LogP contribution in [0.2, 0.25) is 5.02 Å². The summed E-state index contributed by atoms with van der Waals surface area (Å²) < 4.78 is 2.21. The van der Waals surface area contributed by atoms with Crippen LogP contribution >= 0.6 is 11.6 Å². The normalized spacial score (nSPS) is 16.3.